The van der Waals surface area contributed by atoms with Crippen LogP contribution in [-0.2, 0) is 11.3 Å². The lowest BCUT2D eigenvalue weighted by Crippen LogP contribution is -2.53. The van der Waals surface area contributed by atoms with E-state index in [0.29, 0.717) is 11.6 Å². The Labute approximate surface area is 185 Å². The summed E-state index contributed by atoms with van der Waals surface area (Å²) in [7, 11) is 2.38. The SMILES string of the molecule is CCC[N+](C)(Cc1ccc(NC(=O)c2ccc3ccccc3c2)cc1)C1CCOCC1. The Morgan fingerprint density at radius 3 is 2.42 bits per heavy atom. The van der Waals surface area contributed by atoms with Crippen molar-refractivity contribution in [1.29, 1.82) is 0 Å². The summed E-state index contributed by atoms with van der Waals surface area (Å²) in [5, 5.41) is 5.26. The van der Waals surface area contributed by atoms with Gasteiger partial charge < -0.3 is 14.5 Å². The van der Waals surface area contributed by atoms with Crippen LogP contribution in [0.4, 0.5) is 5.69 Å². The molecule has 1 unspecified atom stereocenters. The van der Waals surface area contributed by atoms with Gasteiger partial charge in [-0.3, -0.25) is 4.79 Å². The van der Waals surface area contributed by atoms with Crippen LogP contribution in [0.2, 0.25) is 0 Å². The smallest absolute Gasteiger partial charge is 0.255 e. The van der Waals surface area contributed by atoms with E-state index in [-0.39, 0.29) is 5.91 Å². The minimum Gasteiger partial charge on any atom is -0.381 e. The van der Waals surface area contributed by atoms with E-state index in [2.05, 4.69) is 37.5 Å². The molecule has 0 saturated carbocycles. The fourth-order valence-corrected chi connectivity index (χ4v) is 4.85. The van der Waals surface area contributed by atoms with Gasteiger partial charge in [0.2, 0.25) is 0 Å². The van der Waals surface area contributed by atoms with E-state index < -0.39 is 0 Å². The number of hydrogen-bond acceptors (Lipinski definition) is 2. The number of ether oxygens (including phenoxy) is 1. The highest BCUT2D eigenvalue weighted by atomic mass is 16.5. The molecule has 31 heavy (non-hydrogen) atoms. The quantitative estimate of drug-likeness (QED) is 0.506. The summed E-state index contributed by atoms with van der Waals surface area (Å²) in [6, 6.07) is 22.9. The van der Waals surface area contributed by atoms with Crippen molar-refractivity contribution in [3.8, 4) is 0 Å². The normalized spacial score (nSPS) is 16.7. The van der Waals surface area contributed by atoms with E-state index in [1.165, 1.54) is 18.5 Å². The highest BCUT2D eigenvalue weighted by Crippen LogP contribution is 2.26. The predicted molar refractivity (Wildman–Crippen MR) is 127 cm³/mol. The van der Waals surface area contributed by atoms with Crippen molar-refractivity contribution in [2.24, 2.45) is 0 Å². The van der Waals surface area contributed by atoms with E-state index in [0.717, 1.165) is 53.5 Å². The Balaban J connectivity index is 1.43. The third-order valence-electron chi connectivity index (χ3n) is 6.57. The zero-order valence-corrected chi connectivity index (χ0v) is 18.6. The molecule has 1 saturated heterocycles. The lowest BCUT2D eigenvalue weighted by molar-refractivity contribution is -0.947. The molecule has 1 amide bonds. The minimum atomic E-state index is -0.0766. The maximum atomic E-state index is 12.7. The van der Waals surface area contributed by atoms with E-state index in [9.17, 15) is 4.79 Å². The molecule has 4 nitrogen and oxygen atoms in total. The molecule has 1 heterocycles. The maximum absolute atomic E-state index is 12.7. The monoisotopic (exact) mass is 417 g/mol. The average molecular weight is 418 g/mol. The van der Waals surface area contributed by atoms with Gasteiger partial charge in [0.25, 0.3) is 5.91 Å². The van der Waals surface area contributed by atoms with Crippen LogP contribution in [0.15, 0.2) is 66.7 Å². The molecule has 0 bridgehead atoms. The molecule has 3 aromatic rings. The van der Waals surface area contributed by atoms with Gasteiger partial charge >= 0.3 is 0 Å². The minimum absolute atomic E-state index is 0.0766. The Kier molecular flexibility index (Phi) is 6.69. The maximum Gasteiger partial charge on any atom is 0.255 e. The lowest BCUT2D eigenvalue weighted by atomic mass is 10.0. The summed E-state index contributed by atoms with van der Waals surface area (Å²) >= 11 is 0. The third-order valence-corrected chi connectivity index (χ3v) is 6.57. The van der Waals surface area contributed by atoms with E-state index in [1.54, 1.807) is 0 Å². The van der Waals surface area contributed by atoms with Gasteiger partial charge in [-0.05, 0) is 41.5 Å². The van der Waals surface area contributed by atoms with Crippen molar-refractivity contribution in [3.05, 3.63) is 77.9 Å². The summed E-state index contributed by atoms with van der Waals surface area (Å²) in [5.74, 6) is -0.0766. The number of fused-ring (bicyclic) bond motifs is 1. The van der Waals surface area contributed by atoms with Crippen LogP contribution in [0.3, 0.4) is 0 Å². The van der Waals surface area contributed by atoms with Crippen LogP contribution in [0.1, 0.15) is 42.1 Å². The standard InChI is InChI=1S/C27H32N2O2/c1-3-16-29(2,26-14-17-31-18-15-26)20-21-8-12-25(13-9-21)28-27(30)24-11-10-22-6-4-5-7-23(22)19-24/h4-13,19,26H,3,14-18,20H2,1-2H3/p+1. The molecule has 0 radical (unpaired) electrons. The van der Waals surface area contributed by atoms with Crippen molar-refractivity contribution in [2.45, 2.75) is 38.8 Å². The molecule has 1 N–H and O–H groups in total. The first-order chi connectivity index (χ1) is 15.1. The second-order valence-corrected chi connectivity index (χ2v) is 8.92. The number of benzene rings is 3. The van der Waals surface area contributed by atoms with Crippen LogP contribution in [0.5, 0.6) is 0 Å². The predicted octanol–water partition coefficient (Wildman–Crippen LogP) is 5.63. The van der Waals surface area contributed by atoms with Crippen LogP contribution in [0, 0.1) is 0 Å². The first kappa shape index (κ1) is 21.5. The fraction of sp³-hybridized carbons (Fsp3) is 0.370. The highest BCUT2D eigenvalue weighted by Gasteiger charge is 2.33. The number of rotatable bonds is 7. The molecule has 1 fully saturated rings. The van der Waals surface area contributed by atoms with Crippen LogP contribution < -0.4 is 5.32 Å². The molecule has 4 rings (SSSR count). The Morgan fingerprint density at radius 2 is 1.71 bits per heavy atom. The molecular weight excluding hydrogens is 384 g/mol. The Morgan fingerprint density at radius 1 is 1.00 bits per heavy atom. The number of nitrogens with zero attached hydrogens (tertiary/aromatic N) is 1. The largest absolute Gasteiger partial charge is 0.381 e. The first-order valence-corrected chi connectivity index (χ1v) is 11.4. The number of quaternary nitrogens is 1. The molecule has 3 aromatic carbocycles. The number of carbonyl (C=O) groups is 1. The summed E-state index contributed by atoms with van der Waals surface area (Å²) in [5.41, 5.74) is 2.82. The number of anilines is 1. The molecule has 1 atom stereocenters. The molecular formula is C27H33N2O2+. The number of nitrogens with one attached hydrogen (secondary N) is 1. The second-order valence-electron chi connectivity index (χ2n) is 8.92. The highest BCUT2D eigenvalue weighted by molar-refractivity contribution is 6.06. The van der Waals surface area contributed by atoms with Gasteiger partial charge in [0.05, 0.1) is 32.8 Å². The number of amides is 1. The molecule has 162 valence electrons. The van der Waals surface area contributed by atoms with Crippen molar-refractivity contribution < 1.29 is 14.0 Å². The molecule has 0 spiro atoms. The number of carbonyl (C=O) groups excluding carboxylic acids is 1. The van der Waals surface area contributed by atoms with Gasteiger partial charge in [-0.15, -0.1) is 0 Å². The zero-order chi connectivity index (χ0) is 21.7. The van der Waals surface area contributed by atoms with Gasteiger partial charge in [0.1, 0.15) is 6.54 Å². The zero-order valence-electron chi connectivity index (χ0n) is 18.6. The summed E-state index contributed by atoms with van der Waals surface area (Å²) in [6.07, 6.45) is 3.44. The molecule has 1 aliphatic heterocycles. The van der Waals surface area contributed by atoms with Gasteiger partial charge in [-0.2, -0.15) is 0 Å². The van der Waals surface area contributed by atoms with E-state index in [4.69, 9.17) is 4.74 Å². The van der Waals surface area contributed by atoms with E-state index >= 15 is 0 Å². The summed E-state index contributed by atoms with van der Waals surface area (Å²) in [4.78, 5) is 12.7. The van der Waals surface area contributed by atoms with Crippen molar-refractivity contribution in [1.82, 2.24) is 0 Å². The Hall–Kier alpha value is -2.69. The van der Waals surface area contributed by atoms with E-state index in [1.807, 2.05) is 48.5 Å². The van der Waals surface area contributed by atoms with Crippen molar-refractivity contribution >= 4 is 22.4 Å². The van der Waals surface area contributed by atoms with Crippen molar-refractivity contribution in [2.75, 3.05) is 32.1 Å². The second kappa shape index (κ2) is 9.63. The third kappa shape index (κ3) is 5.15. The molecule has 4 heteroatoms. The van der Waals surface area contributed by atoms with Crippen LogP contribution in [-0.4, -0.2) is 43.2 Å². The molecule has 0 aliphatic carbocycles. The average Bonchev–Trinajstić information content (AvgIpc) is 2.81. The fourth-order valence-electron chi connectivity index (χ4n) is 4.85. The Bertz CT molecular complexity index is 1020. The van der Waals surface area contributed by atoms with Crippen molar-refractivity contribution in [3.63, 3.8) is 0 Å². The van der Waals surface area contributed by atoms with Gasteiger partial charge in [-0.25, -0.2) is 0 Å². The van der Waals surface area contributed by atoms with Gasteiger partial charge in [0, 0.05) is 29.7 Å². The molecule has 1 aliphatic rings. The molecule has 0 aromatic heterocycles. The van der Waals surface area contributed by atoms with Crippen LogP contribution >= 0.6 is 0 Å². The summed E-state index contributed by atoms with van der Waals surface area (Å²) < 4.78 is 6.64. The summed E-state index contributed by atoms with van der Waals surface area (Å²) in [6.45, 7) is 6.20. The van der Waals surface area contributed by atoms with Gasteiger partial charge in [-0.1, -0.05) is 49.4 Å². The first-order valence-electron chi connectivity index (χ1n) is 11.4. The topological polar surface area (TPSA) is 38.3 Å². The lowest BCUT2D eigenvalue weighted by Gasteiger charge is -2.43. The van der Waals surface area contributed by atoms with Gasteiger partial charge in [0.15, 0.2) is 0 Å². The number of hydrogen-bond donors (Lipinski definition) is 1. The van der Waals surface area contributed by atoms with Crippen LogP contribution in [0.25, 0.3) is 10.8 Å².